The molecule has 2 rings (SSSR count). The van der Waals surface area contributed by atoms with Gasteiger partial charge in [0.15, 0.2) is 0 Å². The fourth-order valence-corrected chi connectivity index (χ4v) is 3.79. The van der Waals surface area contributed by atoms with Crippen LogP contribution in [-0.4, -0.2) is 13.0 Å². The summed E-state index contributed by atoms with van der Waals surface area (Å²) in [4.78, 5) is -0.277. The Labute approximate surface area is 196 Å². The van der Waals surface area contributed by atoms with Gasteiger partial charge in [0, 0.05) is 0 Å². The van der Waals surface area contributed by atoms with Crippen LogP contribution >= 0.6 is 0 Å². The monoisotopic (exact) mass is 428 g/mol. The van der Waals surface area contributed by atoms with Crippen molar-refractivity contribution in [2.45, 2.75) is 69.6 Å². The van der Waals surface area contributed by atoms with Gasteiger partial charge in [-0.3, -0.25) is 4.55 Å². The van der Waals surface area contributed by atoms with Gasteiger partial charge in [0.2, 0.25) is 0 Å². The summed E-state index contributed by atoms with van der Waals surface area (Å²) in [5.41, 5.74) is 0.837. The molecule has 0 heterocycles. The summed E-state index contributed by atoms with van der Waals surface area (Å²) in [6.45, 7) is 2.21. The van der Waals surface area contributed by atoms with Gasteiger partial charge in [-0.25, -0.2) is 0 Å². The van der Waals surface area contributed by atoms with Crippen molar-refractivity contribution in [3.05, 3.63) is 48.0 Å². The van der Waals surface area contributed by atoms with Gasteiger partial charge < -0.3 is 9.84 Å². The maximum absolute atomic E-state index is 11.8. The van der Waals surface area contributed by atoms with Crippen molar-refractivity contribution in [3.63, 3.8) is 0 Å². The molecule has 1 N–H and O–H groups in total. The summed E-state index contributed by atoms with van der Waals surface area (Å²) in [7, 11) is -4.44. The van der Waals surface area contributed by atoms with Gasteiger partial charge in [-0.2, -0.15) is 8.42 Å². The van der Waals surface area contributed by atoms with Crippen molar-refractivity contribution in [1.82, 2.24) is 0 Å². The van der Waals surface area contributed by atoms with E-state index in [4.69, 9.17) is 4.74 Å². The number of rotatable bonds is 12. The van der Waals surface area contributed by atoms with Crippen molar-refractivity contribution in [2.75, 3.05) is 0 Å². The summed E-state index contributed by atoms with van der Waals surface area (Å²) >= 11 is 0. The first-order valence-corrected chi connectivity index (χ1v) is 11.4. The molecule has 2 aromatic carbocycles. The fraction of sp³-hybridized carbons (Fsp3) is 0.455. The average molecular weight is 429 g/mol. The number of ether oxygens (including phenoxy) is 1. The third kappa shape index (κ3) is 9.53. The summed E-state index contributed by atoms with van der Waals surface area (Å²) < 4.78 is 38.6. The van der Waals surface area contributed by atoms with Crippen molar-refractivity contribution >= 4 is 10.1 Å². The maximum atomic E-state index is 11.8. The predicted molar refractivity (Wildman–Crippen MR) is 109 cm³/mol. The Bertz CT molecular complexity index is 852. The van der Waals surface area contributed by atoms with Gasteiger partial charge in [0.1, 0.15) is 16.4 Å². The second kappa shape index (κ2) is 13.3. The van der Waals surface area contributed by atoms with E-state index in [0.29, 0.717) is 0 Å². The normalized spacial score (nSPS) is 11.1. The molecule has 0 saturated heterocycles. The molecule has 2 aromatic rings. The van der Waals surface area contributed by atoms with Gasteiger partial charge >= 0.3 is 29.6 Å². The first-order chi connectivity index (χ1) is 13.4. The molecule has 154 valence electrons. The first kappa shape index (κ1) is 26.0. The van der Waals surface area contributed by atoms with E-state index in [1.807, 2.05) is 0 Å². The van der Waals surface area contributed by atoms with Crippen LogP contribution in [0.4, 0.5) is 0 Å². The predicted octanol–water partition coefficient (Wildman–Crippen LogP) is 2.49. The molecule has 29 heavy (non-hydrogen) atoms. The van der Waals surface area contributed by atoms with Crippen LogP contribution < -0.4 is 39.4 Å². The van der Waals surface area contributed by atoms with E-state index < -0.39 is 10.1 Å². The second-order valence-electron chi connectivity index (χ2n) is 7.06. The van der Waals surface area contributed by atoms with Crippen LogP contribution in [0, 0.1) is 0 Å². The smallest absolute Gasteiger partial charge is 0.872 e. The van der Waals surface area contributed by atoms with Crippen molar-refractivity contribution in [2.24, 2.45) is 0 Å². The van der Waals surface area contributed by atoms with Crippen LogP contribution in [0.3, 0.4) is 0 Å². The molecule has 0 saturated carbocycles. The fourth-order valence-electron chi connectivity index (χ4n) is 3.12. The van der Waals surface area contributed by atoms with Crippen LogP contribution in [0.2, 0.25) is 0 Å². The molecule has 0 bridgehead atoms. The standard InChI is InChI=1S/C22H30O5S.Na/c1-2-3-4-5-6-7-8-9-11-18-14-15-21(22(16-18)28(24,25)26)27-20-13-10-12-19(23)17-20;/h10,12-17,23H,2-9,11H2,1H3,(H,24,25,26);/q;+1/p-1. The molecule has 0 unspecified atom stereocenters. The van der Waals surface area contributed by atoms with E-state index >= 15 is 0 Å². The van der Waals surface area contributed by atoms with Crippen molar-refractivity contribution in [3.8, 4) is 17.2 Å². The summed E-state index contributed by atoms with van der Waals surface area (Å²) in [6, 6.07) is 10.5. The van der Waals surface area contributed by atoms with Crippen molar-refractivity contribution in [1.29, 1.82) is 0 Å². The molecular weight excluding hydrogens is 399 g/mol. The Balaban J connectivity index is 0.00000420. The second-order valence-corrected chi connectivity index (χ2v) is 8.45. The molecule has 0 aliphatic heterocycles. The zero-order chi connectivity index (χ0) is 20.4. The minimum atomic E-state index is -4.44. The zero-order valence-electron chi connectivity index (χ0n) is 17.4. The van der Waals surface area contributed by atoms with Gasteiger partial charge in [-0.15, -0.1) is 5.75 Å². The summed E-state index contributed by atoms with van der Waals surface area (Å²) in [5, 5.41) is 11.4. The molecule has 0 aromatic heterocycles. The van der Waals surface area contributed by atoms with Gasteiger partial charge in [-0.1, -0.05) is 70.1 Å². The van der Waals surface area contributed by atoms with Crippen molar-refractivity contribution < 1.29 is 52.4 Å². The maximum Gasteiger partial charge on any atom is 1.00 e. The Morgan fingerprint density at radius 2 is 1.59 bits per heavy atom. The number of benzene rings is 2. The van der Waals surface area contributed by atoms with Crippen LogP contribution in [0.5, 0.6) is 17.2 Å². The summed E-state index contributed by atoms with van der Waals surface area (Å²) in [5.74, 6) is -0.00165. The Morgan fingerprint density at radius 3 is 2.21 bits per heavy atom. The molecule has 0 radical (unpaired) electrons. The van der Waals surface area contributed by atoms with Crippen LogP contribution in [-0.2, 0) is 16.5 Å². The third-order valence-corrected chi connectivity index (χ3v) is 5.51. The molecule has 5 nitrogen and oxygen atoms in total. The van der Waals surface area contributed by atoms with E-state index in [1.165, 1.54) is 68.9 Å². The molecule has 0 fully saturated rings. The molecule has 0 atom stereocenters. The number of hydrogen-bond acceptors (Lipinski definition) is 4. The van der Waals surface area contributed by atoms with E-state index in [9.17, 15) is 18.1 Å². The minimum Gasteiger partial charge on any atom is -0.872 e. The molecule has 0 spiro atoms. The number of unbranched alkanes of at least 4 members (excludes halogenated alkanes) is 7. The Hall–Kier alpha value is -1.05. The molecule has 0 aliphatic carbocycles. The van der Waals surface area contributed by atoms with Gasteiger partial charge in [0.25, 0.3) is 10.1 Å². The molecule has 0 aliphatic rings. The molecule has 7 heteroatoms. The van der Waals surface area contributed by atoms with E-state index in [2.05, 4.69) is 6.92 Å². The molecule has 0 amide bonds. The van der Waals surface area contributed by atoms with E-state index in [0.717, 1.165) is 24.8 Å². The van der Waals surface area contributed by atoms with E-state index in [1.54, 1.807) is 12.1 Å². The minimum absolute atomic E-state index is 0. The average Bonchev–Trinajstić information content (AvgIpc) is 2.64. The topological polar surface area (TPSA) is 86.7 Å². The van der Waals surface area contributed by atoms with Crippen LogP contribution in [0.15, 0.2) is 47.4 Å². The number of aryl methyl sites for hydroxylation is 1. The molecular formula is C22H29NaO5S. The Morgan fingerprint density at radius 1 is 0.931 bits per heavy atom. The van der Waals surface area contributed by atoms with E-state index in [-0.39, 0.29) is 51.7 Å². The summed E-state index contributed by atoms with van der Waals surface area (Å²) in [6.07, 6.45) is 10.3. The largest absolute Gasteiger partial charge is 1.00 e. The number of hydrogen-bond donors (Lipinski definition) is 1. The zero-order valence-corrected chi connectivity index (χ0v) is 20.2. The van der Waals surface area contributed by atoms with Crippen LogP contribution in [0.25, 0.3) is 0 Å². The first-order valence-electron chi connectivity index (χ1n) is 9.95. The third-order valence-electron chi connectivity index (χ3n) is 4.64. The van der Waals surface area contributed by atoms with Crippen LogP contribution in [0.1, 0.15) is 63.9 Å². The SMILES string of the molecule is CCCCCCCCCCc1ccc(Oc2cccc([O-])c2)c(S(=O)(=O)O)c1.[Na+]. The quantitative estimate of drug-likeness (QED) is 0.319. The van der Waals surface area contributed by atoms with Gasteiger partial charge in [-0.05, 0) is 42.7 Å². The van der Waals surface area contributed by atoms with Gasteiger partial charge in [0.05, 0.1) is 0 Å². The Kier molecular flexibility index (Phi) is 11.9.